The third-order valence-corrected chi connectivity index (χ3v) is 3.92. The Morgan fingerprint density at radius 3 is 3.13 bits per heavy atom. The van der Waals surface area contributed by atoms with Gasteiger partial charge in [0.25, 0.3) is 5.91 Å². The van der Waals surface area contributed by atoms with E-state index in [9.17, 15) is 4.79 Å². The van der Waals surface area contributed by atoms with Crippen LogP contribution < -0.4 is 14.9 Å². The van der Waals surface area contributed by atoms with E-state index in [1.807, 2.05) is 22.8 Å². The predicted molar refractivity (Wildman–Crippen MR) is 82.8 cm³/mol. The van der Waals surface area contributed by atoms with Crippen LogP contribution in [0.1, 0.15) is 34.7 Å². The number of carbonyl (C=O) groups is 1. The van der Waals surface area contributed by atoms with E-state index in [1.54, 1.807) is 12.4 Å². The van der Waals surface area contributed by atoms with Crippen molar-refractivity contribution in [3.8, 4) is 11.5 Å². The van der Waals surface area contributed by atoms with Gasteiger partial charge >= 0.3 is 0 Å². The van der Waals surface area contributed by atoms with Gasteiger partial charge in [0.2, 0.25) is 6.79 Å². The number of hydrogen-bond donors (Lipinski definition) is 1. The molecule has 0 spiro atoms. The highest BCUT2D eigenvalue weighted by Gasteiger charge is 2.16. The number of aromatic nitrogens is 2. The van der Waals surface area contributed by atoms with Crippen molar-refractivity contribution in [2.24, 2.45) is 5.10 Å². The van der Waals surface area contributed by atoms with E-state index in [1.165, 1.54) is 0 Å². The third-order valence-electron chi connectivity index (χ3n) is 3.92. The van der Waals surface area contributed by atoms with E-state index in [0.29, 0.717) is 11.4 Å². The molecule has 1 N–H and O–H groups in total. The van der Waals surface area contributed by atoms with Gasteiger partial charge in [0.15, 0.2) is 11.5 Å². The number of benzene rings is 1. The van der Waals surface area contributed by atoms with Crippen LogP contribution >= 0.6 is 0 Å². The van der Waals surface area contributed by atoms with Gasteiger partial charge in [0.05, 0.1) is 6.21 Å². The van der Waals surface area contributed by atoms with Crippen molar-refractivity contribution in [1.82, 2.24) is 15.0 Å². The van der Waals surface area contributed by atoms with Gasteiger partial charge in [0.1, 0.15) is 11.5 Å². The minimum atomic E-state index is -0.302. The van der Waals surface area contributed by atoms with Crippen molar-refractivity contribution >= 4 is 12.1 Å². The first kappa shape index (κ1) is 13.8. The largest absolute Gasteiger partial charge is 0.454 e. The van der Waals surface area contributed by atoms with Crippen LogP contribution in [-0.2, 0) is 13.0 Å². The van der Waals surface area contributed by atoms with Gasteiger partial charge in [-0.2, -0.15) is 5.10 Å². The Morgan fingerprint density at radius 2 is 2.22 bits per heavy atom. The predicted octanol–water partition coefficient (Wildman–Crippen LogP) is 1.71. The number of fused-ring (bicyclic) bond motifs is 2. The van der Waals surface area contributed by atoms with Gasteiger partial charge in [-0.05, 0) is 36.6 Å². The molecule has 0 saturated carbocycles. The van der Waals surface area contributed by atoms with E-state index in [2.05, 4.69) is 15.5 Å². The van der Waals surface area contributed by atoms with Gasteiger partial charge in [-0.25, -0.2) is 10.4 Å². The molecule has 0 atom stereocenters. The highest BCUT2D eigenvalue weighted by Crippen LogP contribution is 2.31. The maximum Gasteiger partial charge on any atom is 0.291 e. The van der Waals surface area contributed by atoms with Crippen LogP contribution in [0.25, 0.3) is 0 Å². The third kappa shape index (κ3) is 2.77. The molecule has 3 heterocycles. The van der Waals surface area contributed by atoms with Crippen LogP contribution in [0.15, 0.2) is 29.5 Å². The number of amides is 1. The Hall–Kier alpha value is -2.83. The number of hydrazone groups is 1. The van der Waals surface area contributed by atoms with Crippen LogP contribution in [-0.4, -0.2) is 28.5 Å². The first-order chi connectivity index (χ1) is 11.3. The van der Waals surface area contributed by atoms with Crippen LogP contribution in [0.2, 0.25) is 0 Å². The van der Waals surface area contributed by atoms with E-state index in [4.69, 9.17) is 9.47 Å². The van der Waals surface area contributed by atoms with Crippen LogP contribution in [0.3, 0.4) is 0 Å². The second-order valence-electron chi connectivity index (χ2n) is 5.50. The summed E-state index contributed by atoms with van der Waals surface area (Å²) in [6.45, 7) is 1.16. The van der Waals surface area contributed by atoms with E-state index >= 15 is 0 Å². The molecule has 0 bridgehead atoms. The van der Waals surface area contributed by atoms with Crippen molar-refractivity contribution in [2.75, 3.05) is 6.79 Å². The number of rotatable bonds is 3. The summed E-state index contributed by atoms with van der Waals surface area (Å²) in [4.78, 5) is 16.5. The molecular formula is C16H16N4O3. The number of imidazole rings is 1. The Morgan fingerprint density at radius 1 is 1.30 bits per heavy atom. The summed E-state index contributed by atoms with van der Waals surface area (Å²) in [6.07, 6.45) is 6.54. The number of hydrogen-bond acceptors (Lipinski definition) is 5. The first-order valence-corrected chi connectivity index (χ1v) is 7.59. The summed E-state index contributed by atoms with van der Waals surface area (Å²) in [6, 6.07) is 5.47. The number of carbonyl (C=O) groups excluding carboxylic acids is 1. The molecular weight excluding hydrogens is 296 g/mol. The standard InChI is InChI=1S/C16H16N4O3/c21-16(12-9-20-6-2-1-3-15(20)18-12)19-17-8-11-4-5-13-14(7-11)23-10-22-13/h4-5,7-9H,1-3,6,10H2,(H,19,21)/b17-8+. The summed E-state index contributed by atoms with van der Waals surface area (Å²) >= 11 is 0. The molecule has 1 amide bonds. The van der Waals surface area contributed by atoms with E-state index in [-0.39, 0.29) is 12.7 Å². The molecule has 1 aromatic carbocycles. The van der Waals surface area contributed by atoms with Gasteiger partial charge in [0, 0.05) is 19.2 Å². The molecule has 7 nitrogen and oxygen atoms in total. The van der Waals surface area contributed by atoms with Crippen molar-refractivity contribution in [2.45, 2.75) is 25.8 Å². The number of aryl methyl sites for hydroxylation is 2. The molecule has 0 aliphatic carbocycles. The lowest BCUT2D eigenvalue weighted by atomic mass is 10.2. The molecule has 7 heteroatoms. The lowest BCUT2D eigenvalue weighted by Crippen LogP contribution is -2.18. The monoisotopic (exact) mass is 312 g/mol. The van der Waals surface area contributed by atoms with Gasteiger partial charge in [-0.3, -0.25) is 4.79 Å². The van der Waals surface area contributed by atoms with Gasteiger partial charge in [-0.15, -0.1) is 0 Å². The second-order valence-corrected chi connectivity index (χ2v) is 5.50. The summed E-state index contributed by atoms with van der Waals surface area (Å²) in [5.41, 5.74) is 3.73. The fraction of sp³-hybridized carbons (Fsp3) is 0.312. The molecule has 1 aromatic heterocycles. The van der Waals surface area contributed by atoms with Gasteiger partial charge < -0.3 is 14.0 Å². The second kappa shape index (κ2) is 5.75. The topological polar surface area (TPSA) is 77.7 Å². The first-order valence-electron chi connectivity index (χ1n) is 7.59. The summed E-state index contributed by atoms with van der Waals surface area (Å²) in [7, 11) is 0. The normalized spacial score (nSPS) is 15.7. The zero-order chi connectivity index (χ0) is 15.6. The Kier molecular flexibility index (Phi) is 3.45. The van der Waals surface area contributed by atoms with Crippen LogP contribution in [0.5, 0.6) is 11.5 Å². The zero-order valence-electron chi connectivity index (χ0n) is 12.5. The lowest BCUT2D eigenvalue weighted by molar-refractivity contribution is 0.0950. The molecule has 118 valence electrons. The van der Waals surface area contributed by atoms with E-state index in [0.717, 1.165) is 42.9 Å². The van der Waals surface area contributed by atoms with Crippen molar-refractivity contribution in [3.05, 3.63) is 41.5 Å². The Labute approximate surface area is 132 Å². The average Bonchev–Trinajstić information content (AvgIpc) is 3.20. The lowest BCUT2D eigenvalue weighted by Gasteiger charge is -2.11. The Balaban J connectivity index is 1.42. The maximum absolute atomic E-state index is 12.1. The van der Waals surface area contributed by atoms with Crippen LogP contribution in [0, 0.1) is 0 Å². The minimum absolute atomic E-state index is 0.234. The molecule has 2 aromatic rings. The fourth-order valence-corrected chi connectivity index (χ4v) is 2.74. The van der Waals surface area contributed by atoms with Crippen molar-refractivity contribution in [1.29, 1.82) is 0 Å². The number of ether oxygens (including phenoxy) is 2. The molecule has 0 saturated heterocycles. The molecule has 0 unspecified atom stereocenters. The summed E-state index contributed by atoms with van der Waals surface area (Å²) in [5.74, 6) is 2.07. The highest BCUT2D eigenvalue weighted by atomic mass is 16.7. The van der Waals surface area contributed by atoms with Crippen molar-refractivity contribution < 1.29 is 14.3 Å². The van der Waals surface area contributed by atoms with Crippen molar-refractivity contribution in [3.63, 3.8) is 0 Å². The number of nitrogens with zero attached hydrogens (tertiary/aromatic N) is 3. The SMILES string of the molecule is O=C(N/N=C/c1ccc2c(c1)OCO2)c1cn2c(n1)CCCC2. The zero-order valence-corrected chi connectivity index (χ0v) is 12.5. The van der Waals surface area contributed by atoms with Crippen LogP contribution in [0.4, 0.5) is 0 Å². The molecule has 2 aliphatic heterocycles. The summed E-state index contributed by atoms with van der Waals surface area (Å²) in [5, 5.41) is 3.98. The maximum atomic E-state index is 12.1. The fourth-order valence-electron chi connectivity index (χ4n) is 2.74. The van der Waals surface area contributed by atoms with Gasteiger partial charge in [-0.1, -0.05) is 0 Å². The highest BCUT2D eigenvalue weighted by molar-refractivity contribution is 5.93. The molecule has 0 radical (unpaired) electrons. The molecule has 23 heavy (non-hydrogen) atoms. The van der Waals surface area contributed by atoms with E-state index < -0.39 is 0 Å². The quantitative estimate of drug-likeness (QED) is 0.691. The molecule has 2 aliphatic rings. The molecule has 4 rings (SSSR count). The molecule has 0 fully saturated rings. The average molecular weight is 312 g/mol. The Bertz CT molecular complexity index is 758. The minimum Gasteiger partial charge on any atom is -0.454 e. The smallest absolute Gasteiger partial charge is 0.291 e. The number of nitrogens with one attached hydrogen (secondary N) is 1. The summed E-state index contributed by atoms with van der Waals surface area (Å²) < 4.78 is 12.6.